The van der Waals surface area contributed by atoms with E-state index in [2.05, 4.69) is 12.2 Å². The van der Waals surface area contributed by atoms with Crippen LogP contribution in [0.5, 0.6) is 5.75 Å². The highest BCUT2D eigenvalue weighted by Gasteiger charge is 2.25. The summed E-state index contributed by atoms with van der Waals surface area (Å²) in [5.74, 6) is -0.0270. The van der Waals surface area contributed by atoms with Crippen molar-refractivity contribution in [3.05, 3.63) is 52.0 Å². The number of nitrogens with zero attached hydrogens (tertiary/aromatic N) is 1. The zero-order valence-electron chi connectivity index (χ0n) is 19.5. The number of carbonyl (C=O) groups is 1. The Morgan fingerprint density at radius 3 is 2.18 bits per heavy atom. The molecule has 0 aliphatic carbocycles. The van der Waals surface area contributed by atoms with Crippen molar-refractivity contribution in [1.82, 2.24) is 4.31 Å². The first-order chi connectivity index (χ1) is 16.3. The highest BCUT2D eigenvalue weighted by molar-refractivity contribution is 7.89. The number of rotatable bonds is 10. The fraction of sp³-hybridized carbons (Fsp3) is 0.480. The van der Waals surface area contributed by atoms with Crippen LogP contribution in [-0.2, 0) is 10.0 Å². The number of anilines is 1. The van der Waals surface area contributed by atoms with Crippen LogP contribution in [-0.4, -0.2) is 38.3 Å². The number of hydrogen-bond acceptors (Lipinski definition) is 4. The Kier molecular flexibility index (Phi) is 10.1. The molecule has 2 aromatic carbocycles. The number of nitrogens with one attached hydrogen (secondary N) is 1. The van der Waals surface area contributed by atoms with Crippen LogP contribution in [0.4, 0.5) is 5.69 Å². The first-order valence-electron chi connectivity index (χ1n) is 11.9. The Morgan fingerprint density at radius 2 is 1.59 bits per heavy atom. The smallest absolute Gasteiger partial charge is 0.255 e. The number of unbranched alkanes of at least 4 members (excludes halogenated alkanes) is 3. The average molecular weight is 528 g/mol. The molecule has 2 aromatic rings. The zero-order chi connectivity index (χ0) is 24.6. The van der Waals surface area contributed by atoms with E-state index in [0.29, 0.717) is 31.1 Å². The molecule has 186 valence electrons. The fourth-order valence-electron chi connectivity index (χ4n) is 3.88. The molecule has 0 spiro atoms. The highest BCUT2D eigenvalue weighted by atomic mass is 35.5. The second-order valence-electron chi connectivity index (χ2n) is 8.47. The van der Waals surface area contributed by atoms with Crippen molar-refractivity contribution >= 4 is 44.8 Å². The molecule has 1 N–H and O–H groups in total. The number of halogens is 2. The summed E-state index contributed by atoms with van der Waals surface area (Å²) in [5.41, 5.74) is 0.762. The Hall–Kier alpha value is -1.80. The van der Waals surface area contributed by atoms with Crippen molar-refractivity contribution in [1.29, 1.82) is 0 Å². The van der Waals surface area contributed by atoms with Crippen LogP contribution in [0.1, 0.15) is 68.6 Å². The van der Waals surface area contributed by atoms with Crippen molar-refractivity contribution < 1.29 is 17.9 Å². The van der Waals surface area contributed by atoms with E-state index in [-0.39, 0.29) is 20.5 Å². The van der Waals surface area contributed by atoms with Crippen molar-refractivity contribution in [2.75, 3.05) is 25.0 Å². The average Bonchev–Trinajstić information content (AvgIpc) is 3.11. The van der Waals surface area contributed by atoms with Crippen molar-refractivity contribution in [3.8, 4) is 5.75 Å². The fourth-order valence-corrected chi connectivity index (χ4v) is 5.99. The lowest BCUT2D eigenvalue weighted by Gasteiger charge is -2.20. The van der Waals surface area contributed by atoms with Crippen LogP contribution in [0, 0.1) is 0 Å². The highest BCUT2D eigenvalue weighted by Crippen LogP contribution is 2.34. The van der Waals surface area contributed by atoms with Gasteiger partial charge < -0.3 is 10.1 Å². The van der Waals surface area contributed by atoms with Gasteiger partial charge in [-0.05, 0) is 55.7 Å². The SMILES string of the molecule is CCCCCCOc1c(Cl)cc(C(=O)Nc2ccc(S(=O)(=O)N3CCCCCC3)cc2)cc1Cl. The van der Waals surface area contributed by atoms with Crippen molar-refractivity contribution in [3.63, 3.8) is 0 Å². The van der Waals surface area contributed by atoms with E-state index in [1.165, 1.54) is 24.3 Å². The molecule has 1 aliphatic rings. The van der Waals surface area contributed by atoms with Gasteiger partial charge in [0.25, 0.3) is 5.91 Å². The molecule has 1 aliphatic heterocycles. The minimum absolute atomic E-state index is 0.221. The predicted octanol–water partition coefficient (Wildman–Crippen LogP) is 6.77. The van der Waals surface area contributed by atoms with Crippen molar-refractivity contribution in [2.24, 2.45) is 0 Å². The summed E-state index contributed by atoms with van der Waals surface area (Å²) in [6.45, 7) is 3.74. The Bertz CT molecular complexity index is 1040. The molecule has 0 unspecified atom stereocenters. The van der Waals surface area contributed by atoms with E-state index >= 15 is 0 Å². The van der Waals surface area contributed by atoms with Gasteiger partial charge in [0, 0.05) is 24.3 Å². The van der Waals surface area contributed by atoms with Crippen LogP contribution in [0.3, 0.4) is 0 Å². The van der Waals surface area contributed by atoms with Gasteiger partial charge in [-0.1, -0.05) is 62.2 Å². The van der Waals surface area contributed by atoms with E-state index in [0.717, 1.165) is 51.4 Å². The summed E-state index contributed by atoms with van der Waals surface area (Å²) >= 11 is 12.6. The van der Waals surface area contributed by atoms with Gasteiger partial charge in [0.15, 0.2) is 5.75 Å². The van der Waals surface area contributed by atoms with Gasteiger partial charge in [0.2, 0.25) is 10.0 Å². The van der Waals surface area contributed by atoms with E-state index in [9.17, 15) is 13.2 Å². The van der Waals surface area contributed by atoms with Crippen LogP contribution in [0.2, 0.25) is 10.0 Å². The van der Waals surface area contributed by atoms with Gasteiger partial charge in [-0.15, -0.1) is 0 Å². The summed E-state index contributed by atoms with van der Waals surface area (Å²) in [6.07, 6.45) is 8.13. The summed E-state index contributed by atoms with van der Waals surface area (Å²) in [6, 6.07) is 9.24. The third-order valence-corrected chi connectivity index (χ3v) is 8.29. The van der Waals surface area contributed by atoms with Gasteiger partial charge in [-0.25, -0.2) is 8.42 Å². The first kappa shape index (κ1) is 26.8. The number of hydrogen-bond donors (Lipinski definition) is 1. The molecular formula is C25H32Cl2N2O4S. The maximum atomic E-state index is 12.9. The maximum Gasteiger partial charge on any atom is 0.255 e. The van der Waals surface area contributed by atoms with Gasteiger partial charge in [0.05, 0.1) is 21.5 Å². The van der Waals surface area contributed by atoms with E-state index in [1.807, 2.05) is 0 Å². The van der Waals surface area contributed by atoms with E-state index in [4.69, 9.17) is 27.9 Å². The second kappa shape index (κ2) is 12.8. The lowest BCUT2D eigenvalue weighted by atomic mass is 10.2. The molecule has 1 heterocycles. The summed E-state index contributed by atoms with van der Waals surface area (Å²) in [5, 5.41) is 3.30. The molecule has 1 saturated heterocycles. The third kappa shape index (κ3) is 7.11. The monoisotopic (exact) mass is 526 g/mol. The van der Waals surface area contributed by atoms with E-state index < -0.39 is 15.9 Å². The van der Waals surface area contributed by atoms with Crippen LogP contribution in [0.25, 0.3) is 0 Å². The first-order valence-corrected chi connectivity index (χ1v) is 14.1. The Labute approximate surface area is 212 Å². The number of carbonyl (C=O) groups excluding carboxylic acids is 1. The molecule has 0 atom stereocenters. The van der Waals surface area contributed by atoms with Crippen LogP contribution >= 0.6 is 23.2 Å². The summed E-state index contributed by atoms with van der Waals surface area (Å²) in [7, 11) is -3.54. The molecule has 0 saturated carbocycles. The van der Waals surface area contributed by atoms with Gasteiger partial charge in [-0.2, -0.15) is 4.31 Å². The van der Waals surface area contributed by atoms with Crippen LogP contribution in [0.15, 0.2) is 41.3 Å². The van der Waals surface area contributed by atoms with Gasteiger partial charge in [-0.3, -0.25) is 4.79 Å². The predicted molar refractivity (Wildman–Crippen MR) is 138 cm³/mol. The topological polar surface area (TPSA) is 75.7 Å². The minimum atomic E-state index is -3.54. The number of amides is 1. The Balaban J connectivity index is 1.64. The second-order valence-corrected chi connectivity index (χ2v) is 11.2. The lowest BCUT2D eigenvalue weighted by molar-refractivity contribution is 0.102. The lowest BCUT2D eigenvalue weighted by Crippen LogP contribution is -2.31. The van der Waals surface area contributed by atoms with Crippen molar-refractivity contribution in [2.45, 2.75) is 63.2 Å². The zero-order valence-corrected chi connectivity index (χ0v) is 21.8. The maximum absolute atomic E-state index is 12.9. The molecule has 34 heavy (non-hydrogen) atoms. The molecule has 9 heteroatoms. The number of sulfonamides is 1. The molecule has 1 amide bonds. The van der Waals surface area contributed by atoms with Crippen LogP contribution < -0.4 is 10.1 Å². The summed E-state index contributed by atoms with van der Waals surface area (Å²) < 4.78 is 33.1. The minimum Gasteiger partial charge on any atom is -0.490 e. The molecular weight excluding hydrogens is 495 g/mol. The van der Waals surface area contributed by atoms with E-state index in [1.54, 1.807) is 16.4 Å². The normalized spacial score (nSPS) is 15.0. The molecule has 0 bridgehead atoms. The molecule has 6 nitrogen and oxygen atoms in total. The summed E-state index contributed by atoms with van der Waals surface area (Å²) in [4.78, 5) is 13.0. The Morgan fingerprint density at radius 1 is 0.971 bits per heavy atom. The van der Waals surface area contributed by atoms with Gasteiger partial charge >= 0.3 is 0 Å². The molecule has 1 fully saturated rings. The molecule has 0 radical (unpaired) electrons. The van der Waals surface area contributed by atoms with Gasteiger partial charge in [0.1, 0.15) is 0 Å². The number of ether oxygens (including phenoxy) is 1. The number of benzene rings is 2. The molecule has 3 rings (SSSR count). The quantitative estimate of drug-likeness (QED) is 0.346. The third-order valence-electron chi connectivity index (χ3n) is 5.82. The molecule has 0 aromatic heterocycles. The largest absolute Gasteiger partial charge is 0.490 e. The standard InChI is InChI=1S/C25H32Cl2N2O4S/c1-2-3-4-9-16-33-24-22(26)17-19(18-23(24)27)25(30)28-20-10-12-21(13-11-20)34(31,32)29-14-7-5-6-8-15-29/h10-13,17-18H,2-9,14-16H2,1H3,(H,28,30).